The molecular formula is C8H14N2O4. The molecule has 6 nitrogen and oxygen atoms in total. The smallest absolute Gasteiger partial charge is 0.410 e. The molecule has 1 aliphatic heterocycles. The lowest BCUT2D eigenvalue weighted by molar-refractivity contribution is -0.145. The van der Waals surface area contributed by atoms with Crippen molar-refractivity contribution in [2.45, 2.75) is 18.5 Å². The highest BCUT2D eigenvalue weighted by Gasteiger charge is 2.39. The Morgan fingerprint density at radius 2 is 2.00 bits per heavy atom. The summed E-state index contributed by atoms with van der Waals surface area (Å²) in [4.78, 5) is 23.8. The molecule has 1 aliphatic rings. The van der Waals surface area contributed by atoms with Crippen molar-refractivity contribution in [3.8, 4) is 0 Å². The Morgan fingerprint density at radius 1 is 1.36 bits per heavy atom. The molecule has 2 atom stereocenters. The first-order chi connectivity index (χ1) is 6.60. The number of nitrogens with two attached hydrogens (primary N) is 1. The van der Waals surface area contributed by atoms with E-state index in [9.17, 15) is 9.59 Å². The van der Waals surface area contributed by atoms with Crippen LogP contribution in [0.2, 0.25) is 0 Å². The number of nitrogens with zero attached hydrogens (tertiary/aromatic N) is 1. The normalized spacial score (nSPS) is 26.1. The average molecular weight is 202 g/mol. The zero-order valence-electron chi connectivity index (χ0n) is 8.23. The number of hydrogen-bond acceptors (Lipinski definition) is 5. The van der Waals surface area contributed by atoms with Crippen LogP contribution in [-0.4, -0.2) is 49.8 Å². The summed E-state index contributed by atoms with van der Waals surface area (Å²) >= 11 is 0. The number of ether oxygens (including phenoxy) is 2. The summed E-state index contributed by atoms with van der Waals surface area (Å²) in [5, 5.41) is 0. The number of rotatable bonds is 1. The SMILES string of the molecule is COC(=O)[C@@H]1C[C@H](N)CN1C(=O)OC. The van der Waals surface area contributed by atoms with Gasteiger partial charge in [0.2, 0.25) is 0 Å². The molecule has 0 spiro atoms. The van der Waals surface area contributed by atoms with Gasteiger partial charge in [0.15, 0.2) is 0 Å². The van der Waals surface area contributed by atoms with E-state index in [1.54, 1.807) is 0 Å². The predicted octanol–water partition coefficient (Wildman–Crippen LogP) is -0.673. The van der Waals surface area contributed by atoms with Crippen molar-refractivity contribution in [3.05, 3.63) is 0 Å². The van der Waals surface area contributed by atoms with Crippen molar-refractivity contribution in [1.82, 2.24) is 4.90 Å². The van der Waals surface area contributed by atoms with Gasteiger partial charge in [-0.25, -0.2) is 9.59 Å². The van der Waals surface area contributed by atoms with E-state index in [-0.39, 0.29) is 6.04 Å². The molecule has 0 aromatic heterocycles. The predicted molar refractivity (Wildman–Crippen MR) is 47.5 cm³/mol. The maximum absolute atomic E-state index is 11.3. The number of carbonyl (C=O) groups excluding carboxylic acids is 2. The summed E-state index contributed by atoms with van der Waals surface area (Å²) in [6, 6.07) is -0.805. The number of likely N-dealkylation sites (tertiary alicyclic amines) is 1. The van der Waals surface area contributed by atoms with Crippen molar-refractivity contribution in [2.24, 2.45) is 5.73 Å². The summed E-state index contributed by atoms with van der Waals surface area (Å²) in [5.41, 5.74) is 5.64. The van der Waals surface area contributed by atoms with Gasteiger partial charge in [0.05, 0.1) is 14.2 Å². The van der Waals surface area contributed by atoms with Crippen LogP contribution < -0.4 is 5.73 Å². The Kier molecular flexibility index (Phi) is 3.29. The van der Waals surface area contributed by atoms with Crippen molar-refractivity contribution in [3.63, 3.8) is 0 Å². The maximum Gasteiger partial charge on any atom is 0.410 e. The standard InChI is InChI=1S/C8H14N2O4/c1-13-7(11)6-3-5(9)4-10(6)8(12)14-2/h5-6H,3-4,9H2,1-2H3/t5-,6-/m0/s1. The Hall–Kier alpha value is -1.30. The van der Waals surface area contributed by atoms with Crippen LogP contribution >= 0.6 is 0 Å². The molecule has 0 aromatic carbocycles. The average Bonchev–Trinajstić information content (AvgIpc) is 2.58. The third kappa shape index (κ3) is 1.95. The van der Waals surface area contributed by atoms with Crippen LogP contribution in [0.15, 0.2) is 0 Å². The van der Waals surface area contributed by atoms with Gasteiger partial charge in [0.1, 0.15) is 6.04 Å². The first kappa shape index (κ1) is 10.8. The van der Waals surface area contributed by atoms with Gasteiger partial charge in [0.25, 0.3) is 0 Å². The fourth-order valence-corrected chi connectivity index (χ4v) is 1.55. The van der Waals surface area contributed by atoms with Crippen LogP contribution in [0.3, 0.4) is 0 Å². The Balaban J connectivity index is 2.72. The second-order valence-electron chi connectivity index (χ2n) is 3.16. The monoisotopic (exact) mass is 202 g/mol. The van der Waals surface area contributed by atoms with Crippen molar-refractivity contribution >= 4 is 12.1 Å². The number of methoxy groups -OCH3 is 2. The lowest BCUT2D eigenvalue weighted by Crippen LogP contribution is -2.41. The third-order valence-electron chi connectivity index (χ3n) is 2.22. The van der Waals surface area contributed by atoms with Crippen LogP contribution in [0, 0.1) is 0 Å². The van der Waals surface area contributed by atoms with E-state index < -0.39 is 18.1 Å². The molecule has 1 rings (SSSR count). The lowest BCUT2D eigenvalue weighted by atomic mass is 10.2. The molecule has 0 aromatic rings. The van der Waals surface area contributed by atoms with Gasteiger partial charge in [-0.1, -0.05) is 0 Å². The molecule has 1 amide bonds. The first-order valence-corrected chi connectivity index (χ1v) is 4.28. The largest absolute Gasteiger partial charge is 0.467 e. The molecule has 80 valence electrons. The van der Waals surface area contributed by atoms with E-state index in [4.69, 9.17) is 5.73 Å². The molecule has 0 saturated carbocycles. The molecule has 2 N–H and O–H groups in total. The summed E-state index contributed by atoms with van der Waals surface area (Å²) in [6.07, 6.45) is -0.129. The van der Waals surface area contributed by atoms with Gasteiger partial charge < -0.3 is 15.2 Å². The number of amides is 1. The van der Waals surface area contributed by atoms with E-state index >= 15 is 0 Å². The number of hydrogen-bond donors (Lipinski definition) is 1. The topological polar surface area (TPSA) is 81.9 Å². The highest BCUT2D eigenvalue weighted by molar-refractivity contribution is 5.82. The zero-order chi connectivity index (χ0) is 10.7. The van der Waals surface area contributed by atoms with Crippen LogP contribution in [0.5, 0.6) is 0 Å². The molecule has 0 unspecified atom stereocenters. The van der Waals surface area contributed by atoms with Gasteiger partial charge in [-0.3, -0.25) is 4.90 Å². The summed E-state index contributed by atoms with van der Waals surface area (Å²) in [7, 11) is 2.54. The summed E-state index contributed by atoms with van der Waals surface area (Å²) in [6.45, 7) is 0.326. The van der Waals surface area contributed by atoms with Crippen LogP contribution in [0.4, 0.5) is 4.79 Å². The molecule has 14 heavy (non-hydrogen) atoms. The molecule has 1 saturated heterocycles. The van der Waals surface area contributed by atoms with E-state index in [1.165, 1.54) is 19.1 Å². The first-order valence-electron chi connectivity index (χ1n) is 4.28. The number of esters is 1. The molecule has 6 heteroatoms. The van der Waals surface area contributed by atoms with Crippen molar-refractivity contribution in [1.29, 1.82) is 0 Å². The molecule has 0 radical (unpaired) electrons. The van der Waals surface area contributed by atoms with E-state index in [2.05, 4.69) is 9.47 Å². The summed E-state index contributed by atoms with van der Waals surface area (Å²) < 4.78 is 9.09. The van der Waals surface area contributed by atoms with Gasteiger partial charge in [-0.15, -0.1) is 0 Å². The Morgan fingerprint density at radius 3 is 2.50 bits per heavy atom. The lowest BCUT2D eigenvalue weighted by Gasteiger charge is -2.20. The zero-order valence-corrected chi connectivity index (χ0v) is 8.23. The molecule has 0 bridgehead atoms. The van der Waals surface area contributed by atoms with Crippen LogP contribution in [0.1, 0.15) is 6.42 Å². The third-order valence-corrected chi connectivity index (χ3v) is 2.22. The van der Waals surface area contributed by atoms with Gasteiger partial charge in [-0.2, -0.15) is 0 Å². The van der Waals surface area contributed by atoms with Gasteiger partial charge in [0, 0.05) is 12.6 Å². The van der Waals surface area contributed by atoms with Crippen molar-refractivity contribution < 1.29 is 19.1 Å². The highest BCUT2D eigenvalue weighted by Crippen LogP contribution is 2.18. The maximum atomic E-state index is 11.3. The van der Waals surface area contributed by atoms with Gasteiger partial charge >= 0.3 is 12.1 Å². The van der Waals surface area contributed by atoms with Crippen molar-refractivity contribution in [2.75, 3.05) is 20.8 Å². The van der Waals surface area contributed by atoms with E-state index in [0.29, 0.717) is 13.0 Å². The fourth-order valence-electron chi connectivity index (χ4n) is 1.55. The second-order valence-corrected chi connectivity index (χ2v) is 3.16. The molecular weight excluding hydrogens is 188 g/mol. The quantitative estimate of drug-likeness (QED) is 0.570. The van der Waals surface area contributed by atoms with Gasteiger partial charge in [-0.05, 0) is 6.42 Å². The minimum atomic E-state index is -0.609. The Bertz CT molecular complexity index is 219. The molecule has 0 aliphatic carbocycles. The minimum absolute atomic E-state index is 0.196. The molecule has 1 heterocycles. The van der Waals surface area contributed by atoms with Crippen LogP contribution in [0.25, 0.3) is 0 Å². The molecule has 1 fully saturated rings. The fraction of sp³-hybridized carbons (Fsp3) is 0.750. The van der Waals surface area contributed by atoms with E-state index in [1.807, 2.05) is 0 Å². The van der Waals surface area contributed by atoms with E-state index in [0.717, 1.165) is 0 Å². The van der Waals surface area contributed by atoms with Crippen LogP contribution in [-0.2, 0) is 14.3 Å². The summed E-state index contributed by atoms with van der Waals surface area (Å²) in [5.74, 6) is -0.455. The number of carbonyl (C=O) groups is 2. The second kappa shape index (κ2) is 4.28. The Labute approximate surface area is 81.9 Å². The highest BCUT2D eigenvalue weighted by atomic mass is 16.5. The minimum Gasteiger partial charge on any atom is -0.467 e.